The van der Waals surface area contributed by atoms with Crippen molar-refractivity contribution in [1.29, 1.82) is 0 Å². The lowest BCUT2D eigenvalue weighted by atomic mass is 10.1. The quantitative estimate of drug-likeness (QED) is 0.773. The largest absolute Gasteiger partial charge is 0.487 e. The Bertz CT molecular complexity index is 501. The topological polar surface area (TPSA) is 32.8 Å². The number of likely N-dealkylation sites (tertiary alicyclic amines) is 1. The van der Waals surface area contributed by atoms with Crippen LogP contribution in [0, 0.1) is 0 Å². The number of carbonyl (C=O) groups excluding carboxylic acids is 1. The van der Waals surface area contributed by atoms with Crippen LogP contribution in [0.4, 0.5) is 5.69 Å². The fourth-order valence-corrected chi connectivity index (χ4v) is 3.08. The summed E-state index contributed by atoms with van der Waals surface area (Å²) in [5.74, 6) is 0.986. The zero-order valence-electron chi connectivity index (χ0n) is 11.7. The number of likely N-dealkylation sites (N-methyl/N-ethyl adjacent to an activating group) is 1. The van der Waals surface area contributed by atoms with Gasteiger partial charge in [0.25, 0.3) is 0 Å². The molecular formula is C15H20N2O2. The Kier molecular flexibility index (Phi) is 2.97. The number of hydrogen-bond donors (Lipinski definition) is 0. The molecule has 1 saturated heterocycles. The molecule has 1 aromatic carbocycles. The first-order valence-corrected chi connectivity index (χ1v) is 6.87. The number of rotatable bonds is 1. The predicted molar refractivity (Wildman–Crippen MR) is 74.5 cm³/mol. The van der Waals surface area contributed by atoms with E-state index in [1.807, 2.05) is 31.3 Å². The molecular weight excluding hydrogens is 240 g/mol. The van der Waals surface area contributed by atoms with E-state index >= 15 is 0 Å². The van der Waals surface area contributed by atoms with Gasteiger partial charge in [0.05, 0.1) is 11.7 Å². The zero-order chi connectivity index (χ0) is 13.6. The third-order valence-electron chi connectivity index (χ3n) is 4.10. The van der Waals surface area contributed by atoms with Crippen molar-refractivity contribution in [2.45, 2.75) is 38.5 Å². The summed E-state index contributed by atoms with van der Waals surface area (Å²) in [6.07, 6.45) is 0.904. The molecule has 0 saturated carbocycles. The minimum atomic E-state index is -0.0524. The van der Waals surface area contributed by atoms with Gasteiger partial charge in [0.15, 0.2) is 0 Å². The second kappa shape index (κ2) is 4.53. The lowest BCUT2D eigenvalue weighted by molar-refractivity contribution is -0.123. The van der Waals surface area contributed by atoms with E-state index in [4.69, 9.17) is 4.74 Å². The molecule has 2 atom stereocenters. The Hall–Kier alpha value is -1.55. The van der Waals surface area contributed by atoms with Crippen molar-refractivity contribution in [3.8, 4) is 5.75 Å². The van der Waals surface area contributed by atoms with E-state index in [9.17, 15) is 4.79 Å². The molecule has 0 radical (unpaired) electrons. The maximum absolute atomic E-state index is 12.7. The lowest BCUT2D eigenvalue weighted by Gasteiger charge is -2.30. The van der Waals surface area contributed by atoms with Crippen molar-refractivity contribution >= 4 is 11.6 Å². The summed E-state index contributed by atoms with van der Waals surface area (Å²) >= 11 is 0. The van der Waals surface area contributed by atoms with Crippen LogP contribution in [0.15, 0.2) is 24.3 Å². The van der Waals surface area contributed by atoms with E-state index < -0.39 is 0 Å². The smallest absolute Gasteiger partial charge is 0.244 e. The highest BCUT2D eigenvalue weighted by Gasteiger charge is 2.42. The minimum absolute atomic E-state index is 0.0524. The second-order valence-corrected chi connectivity index (χ2v) is 5.65. The third-order valence-corrected chi connectivity index (χ3v) is 4.10. The first kappa shape index (κ1) is 12.5. The summed E-state index contributed by atoms with van der Waals surface area (Å²) in [4.78, 5) is 16.6. The average Bonchev–Trinajstić information content (AvgIpc) is 2.82. The van der Waals surface area contributed by atoms with Crippen LogP contribution in [0.3, 0.4) is 0 Å². The molecule has 3 rings (SSSR count). The summed E-state index contributed by atoms with van der Waals surface area (Å²) in [5.41, 5.74) is 0.868. The summed E-state index contributed by atoms with van der Waals surface area (Å²) in [6.45, 7) is 5.09. The molecule has 2 aliphatic rings. The van der Waals surface area contributed by atoms with Crippen LogP contribution in [0.5, 0.6) is 5.75 Å². The summed E-state index contributed by atoms with van der Waals surface area (Å²) in [5, 5.41) is 0. The van der Waals surface area contributed by atoms with Crippen molar-refractivity contribution in [3.63, 3.8) is 0 Å². The van der Waals surface area contributed by atoms with Crippen molar-refractivity contribution < 1.29 is 9.53 Å². The Labute approximate surface area is 113 Å². The van der Waals surface area contributed by atoms with Gasteiger partial charge in [-0.1, -0.05) is 12.1 Å². The number of benzene rings is 1. The van der Waals surface area contributed by atoms with Gasteiger partial charge in [-0.2, -0.15) is 0 Å². The van der Waals surface area contributed by atoms with Gasteiger partial charge >= 0.3 is 0 Å². The number of anilines is 1. The summed E-state index contributed by atoms with van der Waals surface area (Å²) in [7, 11) is 1.84. The van der Waals surface area contributed by atoms with Crippen LogP contribution in [-0.2, 0) is 4.79 Å². The van der Waals surface area contributed by atoms with Gasteiger partial charge in [-0.25, -0.2) is 0 Å². The molecule has 0 N–H and O–H groups in total. The summed E-state index contributed by atoms with van der Waals surface area (Å²) in [6, 6.07) is 8.08. The SMILES string of the molecule is CC(C)N1C[C@@H]2C[C@H]1C(=O)N(C)c1ccccc1O2. The number of para-hydroxylation sites is 2. The van der Waals surface area contributed by atoms with Gasteiger partial charge in [0.1, 0.15) is 11.9 Å². The fraction of sp³-hybridized carbons (Fsp3) is 0.533. The number of fused-ring (bicyclic) bond motifs is 3. The molecule has 1 aromatic rings. The molecule has 0 aromatic heterocycles. The molecule has 4 heteroatoms. The first-order chi connectivity index (χ1) is 9.08. The van der Waals surface area contributed by atoms with E-state index in [1.165, 1.54) is 0 Å². The third kappa shape index (κ3) is 2.00. The van der Waals surface area contributed by atoms with Crippen LogP contribution < -0.4 is 9.64 Å². The molecule has 2 bridgehead atoms. The fourth-order valence-electron chi connectivity index (χ4n) is 3.08. The highest BCUT2D eigenvalue weighted by Crippen LogP contribution is 2.35. The molecule has 0 spiro atoms. The molecule has 102 valence electrons. The van der Waals surface area contributed by atoms with Crippen molar-refractivity contribution in [3.05, 3.63) is 24.3 Å². The Morgan fingerprint density at radius 3 is 2.79 bits per heavy atom. The van der Waals surface area contributed by atoms with Crippen molar-refractivity contribution in [2.75, 3.05) is 18.5 Å². The van der Waals surface area contributed by atoms with Gasteiger partial charge in [0.2, 0.25) is 5.91 Å². The lowest BCUT2D eigenvalue weighted by Crippen LogP contribution is -2.46. The number of amides is 1. The van der Waals surface area contributed by atoms with Crippen LogP contribution >= 0.6 is 0 Å². The van der Waals surface area contributed by atoms with E-state index in [-0.39, 0.29) is 18.1 Å². The van der Waals surface area contributed by atoms with Crippen LogP contribution in [-0.4, -0.2) is 42.6 Å². The Balaban J connectivity index is 2.01. The van der Waals surface area contributed by atoms with Crippen LogP contribution in [0.25, 0.3) is 0 Å². The maximum Gasteiger partial charge on any atom is 0.244 e. The van der Waals surface area contributed by atoms with Gasteiger partial charge in [-0.05, 0) is 26.0 Å². The van der Waals surface area contributed by atoms with E-state index in [0.717, 1.165) is 24.4 Å². The molecule has 2 aliphatic heterocycles. The van der Waals surface area contributed by atoms with E-state index in [2.05, 4.69) is 18.7 Å². The highest BCUT2D eigenvalue weighted by atomic mass is 16.5. The molecule has 4 nitrogen and oxygen atoms in total. The molecule has 19 heavy (non-hydrogen) atoms. The number of ether oxygens (including phenoxy) is 1. The average molecular weight is 260 g/mol. The number of hydrogen-bond acceptors (Lipinski definition) is 3. The highest BCUT2D eigenvalue weighted by molar-refractivity contribution is 5.98. The van der Waals surface area contributed by atoms with Crippen molar-refractivity contribution in [1.82, 2.24) is 4.90 Å². The van der Waals surface area contributed by atoms with E-state index in [0.29, 0.717) is 6.04 Å². The molecule has 0 unspecified atom stereocenters. The zero-order valence-corrected chi connectivity index (χ0v) is 11.7. The van der Waals surface area contributed by atoms with Gasteiger partial charge in [-0.3, -0.25) is 9.69 Å². The second-order valence-electron chi connectivity index (χ2n) is 5.65. The normalized spacial score (nSPS) is 26.9. The number of carbonyl (C=O) groups is 1. The van der Waals surface area contributed by atoms with E-state index in [1.54, 1.807) is 4.90 Å². The predicted octanol–water partition coefficient (Wildman–Crippen LogP) is 1.89. The monoisotopic (exact) mass is 260 g/mol. The van der Waals surface area contributed by atoms with Gasteiger partial charge < -0.3 is 9.64 Å². The molecule has 0 aliphatic carbocycles. The molecule has 2 heterocycles. The molecule has 1 amide bonds. The minimum Gasteiger partial charge on any atom is -0.487 e. The summed E-state index contributed by atoms with van der Waals surface area (Å²) < 4.78 is 6.09. The van der Waals surface area contributed by atoms with Crippen LogP contribution in [0.2, 0.25) is 0 Å². The standard InChI is InChI=1S/C15H20N2O2/c1-10(2)17-9-11-8-13(17)15(18)16(3)12-6-4-5-7-14(12)19-11/h4-7,10-11,13H,8-9H2,1-3H3/t11-,13-/m0/s1. The Morgan fingerprint density at radius 1 is 1.32 bits per heavy atom. The van der Waals surface area contributed by atoms with Crippen molar-refractivity contribution in [2.24, 2.45) is 0 Å². The van der Waals surface area contributed by atoms with Gasteiger partial charge in [0, 0.05) is 26.1 Å². The maximum atomic E-state index is 12.7. The number of nitrogens with zero attached hydrogens (tertiary/aromatic N) is 2. The van der Waals surface area contributed by atoms with Crippen LogP contribution in [0.1, 0.15) is 20.3 Å². The van der Waals surface area contributed by atoms with Gasteiger partial charge in [-0.15, -0.1) is 0 Å². The first-order valence-electron chi connectivity index (χ1n) is 6.87. The Morgan fingerprint density at radius 2 is 2.05 bits per heavy atom. The molecule has 1 fully saturated rings.